The van der Waals surface area contributed by atoms with Crippen LogP contribution in [-0.2, 0) is 6.54 Å². The van der Waals surface area contributed by atoms with Crippen LogP contribution in [-0.4, -0.2) is 44.1 Å². The monoisotopic (exact) mass is 304 g/mol. The van der Waals surface area contributed by atoms with Crippen molar-refractivity contribution in [1.29, 1.82) is 0 Å². The van der Waals surface area contributed by atoms with Crippen LogP contribution in [0, 0.1) is 0 Å². The minimum atomic E-state index is 0.492. The van der Waals surface area contributed by atoms with Gasteiger partial charge in [0.15, 0.2) is 5.16 Å². The summed E-state index contributed by atoms with van der Waals surface area (Å²) in [5, 5.41) is 9.74. The van der Waals surface area contributed by atoms with E-state index in [9.17, 15) is 0 Å². The predicted octanol–water partition coefficient (Wildman–Crippen LogP) is 2.19. The zero-order chi connectivity index (χ0) is 14.7. The van der Waals surface area contributed by atoms with Crippen LogP contribution in [0.15, 0.2) is 23.7 Å². The molecule has 0 aromatic carbocycles. The van der Waals surface area contributed by atoms with Gasteiger partial charge >= 0.3 is 0 Å². The van der Waals surface area contributed by atoms with E-state index in [1.807, 2.05) is 6.20 Å². The van der Waals surface area contributed by atoms with Crippen molar-refractivity contribution in [1.82, 2.24) is 24.7 Å². The van der Waals surface area contributed by atoms with Crippen LogP contribution in [0.4, 0.5) is 5.82 Å². The van der Waals surface area contributed by atoms with E-state index in [4.69, 9.17) is 0 Å². The first-order valence-electron chi connectivity index (χ1n) is 7.31. The fourth-order valence-corrected chi connectivity index (χ4v) is 3.44. The molecule has 0 bridgehead atoms. The fraction of sp³-hybridized carbons (Fsp3) is 0.571. The normalized spacial score (nSPS) is 16.4. The lowest BCUT2D eigenvalue weighted by Crippen LogP contribution is -2.34. The molecule has 3 rings (SSSR count). The van der Waals surface area contributed by atoms with Crippen LogP contribution < -0.4 is 4.90 Å². The first-order chi connectivity index (χ1) is 10.3. The minimum absolute atomic E-state index is 0.492. The topological polar surface area (TPSA) is 59.7 Å². The molecule has 0 spiro atoms. The summed E-state index contributed by atoms with van der Waals surface area (Å²) in [5.41, 5.74) is 0. The fourth-order valence-electron chi connectivity index (χ4n) is 2.87. The van der Waals surface area contributed by atoms with Crippen LogP contribution in [0.2, 0.25) is 0 Å². The van der Waals surface area contributed by atoms with Gasteiger partial charge in [-0.2, -0.15) is 0 Å². The van der Waals surface area contributed by atoms with Gasteiger partial charge in [0.25, 0.3) is 0 Å². The molecule has 0 atom stereocenters. The molecule has 3 heterocycles. The molecule has 0 amide bonds. The lowest BCUT2D eigenvalue weighted by Gasteiger charge is -2.32. The van der Waals surface area contributed by atoms with E-state index in [1.54, 1.807) is 24.2 Å². The summed E-state index contributed by atoms with van der Waals surface area (Å²) in [5.74, 6) is 2.60. The van der Waals surface area contributed by atoms with Crippen molar-refractivity contribution in [3.8, 4) is 0 Å². The molecule has 0 radical (unpaired) electrons. The highest BCUT2D eigenvalue weighted by molar-refractivity contribution is 7.98. The lowest BCUT2D eigenvalue weighted by molar-refractivity contribution is 0.460. The highest BCUT2D eigenvalue weighted by Crippen LogP contribution is 2.30. The lowest BCUT2D eigenvalue weighted by atomic mass is 9.96. The molecule has 1 saturated heterocycles. The maximum absolute atomic E-state index is 4.42. The van der Waals surface area contributed by atoms with Gasteiger partial charge in [-0.05, 0) is 26.0 Å². The van der Waals surface area contributed by atoms with E-state index in [0.717, 1.165) is 49.3 Å². The molecule has 6 nitrogen and oxygen atoms in total. The molecule has 0 aliphatic carbocycles. The molecule has 0 unspecified atom stereocenters. The summed E-state index contributed by atoms with van der Waals surface area (Å²) in [6.45, 7) is 5.08. The standard InChI is InChI=1S/C14H20N6S/c1-3-20-13(17-18-14(20)21-2)11-4-8-19(9-5-11)12-10-15-6-7-16-12/h6-7,10-11H,3-5,8-9H2,1-2H3. The number of rotatable bonds is 4. The molecular formula is C14H20N6S. The number of aromatic nitrogens is 5. The second-order valence-corrected chi connectivity index (χ2v) is 5.89. The molecule has 2 aromatic rings. The van der Waals surface area contributed by atoms with Gasteiger partial charge < -0.3 is 9.47 Å². The van der Waals surface area contributed by atoms with Crippen molar-refractivity contribution >= 4 is 17.6 Å². The Kier molecular flexibility index (Phi) is 4.38. The van der Waals surface area contributed by atoms with Crippen LogP contribution in [0.5, 0.6) is 0 Å². The molecule has 0 N–H and O–H groups in total. The number of nitrogens with zero attached hydrogens (tertiary/aromatic N) is 6. The van der Waals surface area contributed by atoms with Crippen LogP contribution >= 0.6 is 11.8 Å². The Balaban J connectivity index is 1.70. The van der Waals surface area contributed by atoms with Gasteiger partial charge in [0.2, 0.25) is 0 Å². The average molecular weight is 304 g/mol. The van der Waals surface area contributed by atoms with Gasteiger partial charge in [-0.15, -0.1) is 10.2 Å². The average Bonchev–Trinajstić information content (AvgIpc) is 2.99. The molecule has 21 heavy (non-hydrogen) atoms. The third-order valence-corrected chi connectivity index (χ3v) is 4.65. The largest absolute Gasteiger partial charge is 0.355 e. The van der Waals surface area contributed by atoms with E-state index in [2.05, 4.69) is 42.8 Å². The Morgan fingerprint density at radius 2 is 2.05 bits per heavy atom. The van der Waals surface area contributed by atoms with Gasteiger partial charge in [0.05, 0.1) is 6.20 Å². The summed E-state index contributed by atoms with van der Waals surface area (Å²) < 4.78 is 2.24. The third-order valence-electron chi connectivity index (χ3n) is 3.98. The Hall–Kier alpha value is -1.63. The van der Waals surface area contributed by atoms with Crippen molar-refractivity contribution in [2.75, 3.05) is 24.2 Å². The second-order valence-electron chi connectivity index (χ2n) is 5.11. The number of anilines is 1. The maximum atomic E-state index is 4.42. The number of thioether (sulfide) groups is 1. The second kappa shape index (κ2) is 6.43. The Labute approximate surface area is 129 Å². The third kappa shape index (κ3) is 2.88. The SMILES string of the molecule is CCn1c(SC)nnc1C1CCN(c2cnccn2)CC1. The summed E-state index contributed by atoms with van der Waals surface area (Å²) in [6.07, 6.45) is 9.52. The van der Waals surface area contributed by atoms with Gasteiger partial charge in [0.1, 0.15) is 11.6 Å². The smallest absolute Gasteiger partial charge is 0.190 e. The number of hydrogen-bond acceptors (Lipinski definition) is 6. The summed E-state index contributed by atoms with van der Waals surface area (Å²) in [6, 6.07) is 0. The van der Waals surface area contributed by atoms with E-state index in [0.29, 0.717) is 5.92 Å². The number of piperidine rings is 1. The molecule has 0 saturated carbocycles. The molecule has 2 aromatic heterocycles. The van der Waals surface area contributed by atoms with Crippen molar-refractivity contribution in [3.05, 3.63) is 24.4 Å². The summed E-state index contributed by atoms with van der Waals surface area (Å²) in [7, 11) is 0. The van der Waals surface area contributed by atoms with E-state index < -0.39 is 0 Å². The van der Waals surface area contributed by atoms with Gasteiger partial charge in [-0.3, -0.25) is 4.98 Å². The van der Waals surface area contributed by atoms with E-state index in [-0.39, 0.29) is 0 Å². The van der Waals surface area contributed by atoms with Crippen LogP contribution in [0.25, 0.3) is 0 Å². The first-order valence-corrected chi connectivity index (χ1v) is 8.54. The van der Waals surface area contributed by atoms with Crippen molar-refractivity contribution in [3.63, 3.8) is 0 Å². The molecule has 1 fully saturated rings. The van der Waals surface area contributed by atoms with Crippen LogP contribution in [0.1, 0.15) is 31.5 Å². The molecule has 7 heteroatoms. The summed E-state index contributed by atoms with van der Waals surface area (Å²) >= 11 is 1.66. The van der Waals surface area contributed by atoms with E-state index in [1.165, 1.54) is 0 Å². The highest BCUT2D eigenvalue weighted by atomic mass is 32.2. The molecule has 112 valence electrons. The zero-order valence-corrected chi connectivity index (χ0v) is 13.3. The Morgan fingerprint density at radius 3 is 2.67 bits per heavy atom. The maximum Gasteiger partial charge on any atom is 0.190 e. The molecule has 1 aliphatic rings. The highest BCUT2D eigenvalue weighted by Gasteiger charge is 2.26. The van der Waals surface area contributed by atoms with Gasteiger partial charge in [-0.1, -0.05) is 11.8 Å². The predicted molar refractivity (Wildman–Crippen MR) is 83.7 cm³/mol. The quantitative estimate of drug-likeness (QED) is 0.807. The molecule has 1 aliphatic heterocycles. The summed E-state index contributed by atoms with van der Waals surface area (Å²) in [4.78, 5) is 10.8. The first kappa shape index (κ1) is 14.3. The number of hydrogen-bond donors (Lipinski definition) is 0. The van der Waals surface area contributed by atoms with Crippen LogP contribution in [0.3, 0.4) is 0 Å². The van der Waals surface area contributed by atoms with Crippen molar-refractivity contribution < 1.29 is 0 Å². The Morgan fingerprint density at radius 1 is 1.24 bits per heavy atom. The molecular weight excluding hydrogens is 284 g/mol. The Bertz CT molecular complexity index is 576. The van der Waals surface area contributed by atoms with Crippen molar-refractivity contribution in [2.24, 2.45) is 0 Å². The van der Waals surface area contributed by atoms with Gasteiger partial charge in [-0.25, -0.2) is 4.98 Å². The van der Waals surface area contributed by atoms with Gasteiger partial charge in [0, 0.05) is 37.9 Å². The van der Waals surface area contributed by atoms with E-state index >= 15 is 0 Å². The zero-order valence-electron chi connectivity index (χ0n) is 12.4. The minimum Gasteiger partial charge on any atom is -0.355 e. The van der Waals surface area contributed by atoms with Crippen molar-refractivity contribution in [2.45, 2.75) is 37.4 Å².